The van der Waals surface area contributed by atoms with Crippen LogP contribution in [0.15, 0.2) is 24.8 Å². The number of aromatic nitrogens is 4. The number of carbonyl (C=O) groups is 1. The lowest BCUT2D eigenvalue weighted by molar-refractivity contribution is -0.130. The van der Waals surface area contributed by atoms with Crippen molar-refractivity contribution in [1.29, 1.82) is 0 Å². The van der Waals surface area contributed by atoms with Crippen LogP contribution >= 0.6 is 0 Å². The zero-order valence-corrected chi connectivity index (χ0v) is 17.0. The highest BCUT2D eigenvalue weighted by Gasteiger charge is 2.47. The molecule has 0 bridgehead atoms. The zero-order valence-electron chi connectivity index (χ0n) is 17.0. The van der Waals surface area contributed by atoms with E-state index in [0.717, 1.165) is 36.8 Å². The molecule has 2 aromatic rings. The fourth-order valence-corrected chi connectivity index (χ4v) is 3.96. The number of amides is 1. The fourth-order valence-electron chi connectivity index (χ4n) is 3.96. The Labute approximate surface area is 170 Å². The summed E-state index contributed by atoms with van der Waals surface area (Å²) in [4.78, 5) is 27.8. The Kier molecular flexibility index (Phi) is 5.77. The van der Waals surface area contributed by atoms with Crippen LogP contribution in [0.1, 0.15) is 24.2 Å². The first kappa shape index (κ1) is 19.8. The summed E-state index contributed by atoms with van der Waals surface area (Å²) < 4.78 is 13.9. The van der Waals surface area contributed by atoms with Gasteiger partial charge in [0.1, 0.15) is 11.7 Å². The van der Waals surface area contributed by atoms with Gasteiger partial charge in [-0.05, 0) is 26.3 Å². The lowest BCUT2D eigenvalue weighted by Crippen LogP contribution is -2.53. The molecule has 9 nitrogen and oxygen atoms in total. The summed E-state index contributed by atoms with van der Waals surface area (Å²) >= 11 is 0. The number of anilines is 1. The number of aryl methyl sites for hydroxylation is 3. The molecule has 4 heterocycles. The van der Waals surface area contributed by atoms with Crippen molar-refractivity contribution in [3.05, 3.63) is 36.2 Å². The Morgan fingerprint density at radius 3 is 2.93 bits per heavy atom. The summed E-state index contributed by atoms with van der Waals surface area (Å²) in [6.45, 7) is 7.70. The van der Waals surface area contributed by atoms with Gasteiger partial charge in [-0.2, -0.15) is 0 Å². The number of carbonyl (C=O) groups excluding carboxylic acids is 1. The van der Waals surface area contributed by atoms with E-state index >= 15 is 0 Å². The van der Waals surface area contributed by atoms with Crippen molar-refractivity contribution in [2.75, 3.05) is 37.7 Å². The van der Waals surface area contributed by atoms with Crippen LogP contribution in [-0.2, 0) is 20.8 Å². The first-order chi connectivity index (χ1) is 14.0. The van der Waals surface area contributed by atoms with Crippen LogP contribution in [0.5, 0.6) is 0 Å². The maximum atomic E-state index is 12.5. The van der Waals surface area contributed by atoms with Crippen molar-refractivity contribution in [3.8, 4) is 0 Å². The quantitative estimate of drug-likeness (QED) is 0.719. The van der Waals surface area contributed by atoms with Gasteiger partial charge in [0.2, 0.25) is 11.9 Å². The Morgan fingerprint density at radius 2 is 2.17 bits per heavy atom. The van der Waals surface area contributed by atoms with Crippen LogP contribution in [0.2, 0.25) is 0 Å². The molecule has 0 saturated carbocycles. The van der Waals surface area contributed by atoms with E-state index in [1.54, 1.807) is 12.5 Å². The molecule has 0 unspecified atom stereocenters. The first-order valence-electron chi connectivity index (χ1n) is 10.1. The predicted octanol–water partition coefficient (Wildman–Crippen LogP) is 0.861. The SMILES string of the molecule is Cc1cc(C)nc(N2CCO[C@]3(CO[C@H](C(=O)NCCCn4ccnc4)C3)C2)n1. The van der Waals surface area contributed by atoms with Gasteiger partial charge >= 0.3 is 0 Å². The highest BCUT2D eigenvalue weighted by molar-refractivity contribution is 5.81. The predicted molar refractivity (Wildman–Crippen MR) is 107 cm³/mol. The number of nitrogens with zero attached hydrogens (tertiary/aromatic N) is 5. The van der Waals surface area contributed by atoms with Crippen molar-refractivity contribution >= 4 is 11.9 Å². The first-order valence-corrected chi connectivity index (χ1v) is 10.1. The van der Waals surface area contributed by atoms with Gasteiger partial charge in [-0.25, -0.2) is 15.0 Å². The third kappa shape index (κ3) is 4.73. The third-order valence-corrected chi connectivity index (χ3v) is 5.35. The monoisotopic (exact) mass is 400 g/mol. The lowest BCUT2D eigenvalue weighted by Gasteiger charge is -2.39. The molecule has 2 atom stereocenters. The number of nitrogens with one attached hydrogen (secondary N) is 1. The summed E-state index contributed by atoms with van der Waals surface area (Å²) in [6.07, 6.45) is 6.34. The smallest absolute Gasteiger partial charge is 0.249 e. The Bertz CT molecular complexity index is 822. The molecule has 1 spiro atoms. The largest absolute Gasteiger partial charge is 0.369 e. The standard InChI is InChI=1S/C20H28N6O3/c1-15-10-16(2)24-19(23-15)26-8-9-29-20(12-26)11-17(28-13-20)18(27)22-4-3-6-25-7-5-21-14-25/h5,7,10,14,17H,3-4,6,8-9,11-13H2,1-2H3,(H,22,27)/t17-,20-/m0/s1. The van der Waals surface area contributed by atoms with Gasteiger partial charge in [-0.3, -0.25) is 4.79 Å². The Morgan fingerprint density at radius 1 is 1.34 bits per heavy atom. The molecule has 4 rings (SSSR count). The maximum absolute atomic E-state index is 12.5. The summed E-state index contributed by atoms with van der Waals surface area (Å²) in [6, 6.07) is 1.96. The molecule has 1 N–H and O–H groups in total. The molecule has 0 aliphatic carbocycles. The van der Waals surface area contributed by atoms with Crippen LogP contribution in [-0.4, -0.2) is 70.0 Å². The van der Waals surface area contributed by atoms with Crippen LogP contribution in [0.4, 0.5) is 5.95 Å². The molecule has 29 heavy (non-hydrogen) atoms. The van der Waals surface area contributed by atoms with Crippen molar-refractivity contribution < 1.29 is 14.3 Å². The zero-order chi connectivity index (χ0) is 20.3. The lowest BCUT2D eigenvalue weighted by atomic mass is 9.97. The summed E-state index contributed by atoms with van der Waals surface area (Å²) in [5.74, 6) is 0.647. The number of hydrogen-bond acceptors (Lipinski definition) is 7. The van der Waals surface area contributed by atoms with Gasteiger partial charge < -0.3 is 24.3 Å². The minimum Gasteiger partial charge on any atom is -0.369 e. The van der Waals surface area contributed by atoms with Crippen LogP contribution in [0, 0.1) is 13.8 Å². The van der Waals surface area contributed by atoms with Gasteiger partial charge in [0, 0.05) is 49.8 Å². The normalized spacial score (nSPS) is 24.2. The van der Waals surface area contributed by atoms with Crippen LogP contribution in [0.3, 0.4) is 0 Å². The van der Waals surface area contributed by atoms with Crippen molar-refractivity contribution in [3.63, 3.8) is 0 Å². The van der Waals surface area contributed by atoms with Gasteiger partial charge in [0.15, 0.2) is 0 Å². The summed E-state index contributed by atoms with van der Waals surface area (Å²) in [7, 11) is 0. The topological polar surface area (TPSA) is 94.4 Å². The van der Waals surface area contributed by atoms with E-state index in [9.17, 15) is 4.79 Å². The molecule has 9 heteroatoms. The summed E-state index contributed by atoms with van der Waals surface area (Å²) in [5, 5.41) is 2.98. The maximum Gasteiger partial charge on any atom is 0.249 e. The van der Waals surface area contributed by atoms with E-state index in [1.807, 2.05) is 30.7 Å². The number of rotatable bonds is 6. The molecule has 156 valence electrons. The van der Waals surface area contributed by atoms with E-state index in [2.05, 4.69) is 25.2 Å². The molecule has 1 amide bonds. The second-order valence-electron chi connectivity index (χ2n) is 7.85. The average Bonchev–Trinajstić information content (AvgIpc) is 3.35. The number of ether oxygens (including phenoxy) is 2. The molecule has 0 radical (unpaired) electrons. The van der Waals surface area contributed by atoms with Crippen molar-refractivity contribution in [1.82, 2.24) is 24.8 Å². The molecule has 2 saturated heterocycles. The fraction of sp³-hybridized carbons (Fsp3) is 0.600. The molecule has 2 fully saturated rings. The van der Waals surface area contributed by atoms with E-state index in [1.165, 1.54) is 0 Å². The van der Waals surface area contributed by atoms with E-state index in [-0.39, 0.29) is 5.91 Å². The average molecular weight is 400 g/mol. The van der Waals surface area contributed by atoms with Gasteiger partial charge in [-0.15, -0.1) is 0 Å². The second-order valence-corrected chi connectivity index (χ2v) is 7.85. The minimum atomic E-state index is -0.488. The molecule has 0 aromatic carbocycles. The van der Waals surface area contributed by atoms with Gasteiger partial charge in [0.05, 0.1) is 26.1 Å². The molecule has 2 aliphatic rings. The highest BCUT2D eigenvalue weighted by atomic mass is 16.6. The van der Waals surface area contributed by atoms with E-state index < -0.39 is 11.7 Å². The molecule has 2 aliphatic heterocycles. The Balaban J connectivity index is 1.30. The van der Waals surface area contributed by atoms with Gasteiger partial charge in [-0.1, -0.05) is 0 Å². The summed E-state index contributed by atoms with van der Waals surface area (Å²) in [5.41, 5.74) is 1.41. The van der Waals surface area contributed by atoms with E-state index in [4.69, 9.17) is 9.47 Å². The Hall–Kier alpha value is -2.52. The molecular weight excluding hydrogens is 372 g/mol. The number of hydrogen-bond donors (Lipinski definition) is 1. The minimum absolute atomic E-state index is 0.0733. The third-order valence-electron chi connectivity index (χ3n) is 5.35. The van der Waals surface area contributed by atoms with Crippen molar-refractivity contribution in [2.45, 2.75) is 44.9 Å². The van der Waals surface area contributed by atoms with Crippen LogP contribution < -0.4 is 10.2 Å². The second kappa shape index (κ2) is 8.46. The van der Waals surface area contributed by atoms with Crippen molar-refractivity contribution in [2.24, 2.45) is 0 Å². The molecular formula is C20H28N6O3. The highest BCUT2D eigenvalue weighted by Crippen LogP contribution is 2.32. The van der Waals surface area contributed by atoms with Crippen LogP contribution in [0.25, 0.3) is 0 Å². The van der Waals surface area contributed by atoms with Gasteiger partial charge in [0.25, 0.3) is 0 Å². The molecule has 2 aromatic heterocycles. The number of morpholine rings is 1. The number of imidazole rings is 1. The van der Waals surface area contributed by atoms with E-state index in [0.29, 0.717) is 32.7 Å².